The van der Waals surface area contributed by atoms with E-state index in [9.17, 15) is 19.1 Å². The number of nitrogens with one attached hydrogen (secondary N) is 2. The summed E-state index contributed by atoms with van der Waals surface area (Å²) in [6, 6.07) is 7.44. The number of carbonyl (C=O) groups excluding carboxylic acids is 2. The quantitative estimate of drug-likeness (QED) is 0.267. The summed E-state index contributed by atoms with van der Waals surface area (Å²) < 4.78 is 24.1. The molecule has 0 spiro atoms. The molecule has 0 saturated carbocycles. The number of rotatable bonds is 9. The van der Waals surface area contributed by atoms with E-state index in [1.165, 1.54) is 36.4 Å². The summed E-state index contributed by atoms with van der Waals surface area (Å²) in [5, 5.41) is 19.4. The van der Waals surface area contributed by atoms with Crippen molar-refractivity contribution in [1.29, 1.82) is 0 Å². The molecule has 5 rings (SSSR count). The van der Waals surface area contributed by atoms with Crippen LogP contribution in [0.15, 0.2) is 47.1 Å². The lowest BCUT2D eigenvalue weighted by Gasteiger charge is -2.26. The fourth-order valence-corrected chi connectivity index (χ4v) is 4.63. The minimum absolute atomic E-state index is 0.114. The van der Waals surface area contributed by atoms with Crippen molar-refractivity contribution in [2.75, 3.05) is 19.0 Å². The largest absolute Gasteiger partial charge is 0.497 e. The lowest BCUT2D eigenvalue weighted by molar-refractivity contribution is -0.126. The normalized spacial score (nSPS) is 14.0. The summed E-state index contributed by atoms with van der Waals surface area (Å²) in [4.78, 5) is 40.6. The Kier molecular flexibility index (Phi) is 7.81. The molecule has 1 aliphatic heterocycles. The standard InChI is InChI=1S/C27H25ClFN7O5/c1-13(24(38)32-22(12-37)17-6-18(29)9-19(7-17)40-3)36-11-16-5-4-15(8-20(16)25(36)39)23-21(28)10-30-26(33-23)34-27-31-14(2)35-41-27/h4-10,13,22,37H,11-12H2,1-3H3,(H,32,38)(H,30,31,33,34,35)/t13-,22-/m1/s1. The Morgan fingerprint density at radius 3 is 2.78 bits per heavy atom. The summed E-state index contributed by atoms with van der Waals surface area (Å²) in [7, 11) is 1.39. The van der Waals surface area contributed by atoms with Crippen LogP contribution in [0.5, 0.6) is 5.75 Å². The Bertz CT molecular complexity index is 1630. The molecule has 0 saturated heterocycles. The monoisotopic (exact) mass is 581 g/mol. The fourth-order valence-electron chi connectivity index (χ4n) is 4.43. The maximum absolute atomic E-state index is 14.0. The first-order chi connectivity index (χ1) is 19.7. The Morgan fingerprint density at radius 1 is 1.27 bits per heavy atom. The van der Waals surface area contributed by atoms with Gasteiger partial charge in [0.2, 0.25) is 11.9 Å². The van der Waals surface area contributed by atoms with Crippen LogP contribution < -0.4 is 15.4 Å². The van der Waals surface area contributed by atoms with Crippen LogP contribution in [0.25, 0.3) is 11.3 Å². The Labute approximate surface area is 238 Å². The smallest absolute Gasteiger partial charge is 0.328 e. The zero-order valence-corrected chi connectivity index (χ0v) is 22.9. The van der Waals surface area contributed by atoms with E-state index in [0.717, 1.165) is 5.56 Å². The van der Waals surface area contributed by atoms with E-state index in [4.69, 9.17) is 20.9 Å². The van der Waals surface area contributed by atoms with Crippen LogP contribution in [-0.2, 0) is 11.3 Å². The molecular weight excluding hydrogens is 557 g/mol. The molecule has 212 valence electrons. The third-order valence-corrected chi connectivity index (χ3v) is 6.86. The van der Waals surface area contributed by atoms with Gasteiger partial charge in [-0.05, 0) is 43.2 Å². The average Bonchev–Trinajstić information content (AvgIpc) is 3.53. The maximum Gasteiger partial charge on any atom is 0.328 e. The molecule has 0 fully saturated rings. The first kappa shape index (κ1) is 27.9. The number of hydrogen-bond donors (Lipinski definition) is 3. The highest BCUT2D eigenvalue weighted by molar-refractivity contribution is 6.33. The van der Waals surface area contributed by atoms with Crippen molar-refractivity contribution in [3.05, 3.63) is 75.9 Å². The molecule has 3 heterocycles. The molecule has 2 amide bonds. The molecule has 3 N–H and O–H groups in total. The number of methoxy groups -OCH3 is 1. The van der Waals surface area contributed by atoms with Crippen molar-refractivity contribution in [2.45, 2.75) is 32.5 Å². The number of halogens is 2. The third-order valence-electron chi connectivity index (χ3n) is 6.58. The van der Waals surface area contributed by atoms with Crippen molar-refractivity contribution in [3.8, 4) is 17.0 Å². The Morgan fingerprint density at radius 2 is 2.07 bits per heavy atom. The van der Waals surface area contributed by atoms with E-state index >= 15 is 0 Å². The number of fused-ring (bicyclic) bond motifs is 1. The molecule has 0 bridgehead atoms. The SMILES string of the molecule is COc1cc(F)cc([C@@H](CO)NC(=O)[C@@H](C)N2Cc3ccc(-c4nc(Nc5nc(C)no5)ncc4Cl)cc3C2=O)c1. The van der Waals surface area contributed by atoms with Crippen LogP contribution in [0, 0.1) is 12.7 Å². The second-order valence-electron chi connectivity index (χ2n) is 9.31. The molecule has 14 heteroatoms. The van der Waals surface area contributed by atoms with Gasteiger partial charge in [0.1, 0.15) is 17.6 Å². The number of benzene rings is 2. The van der Waals surface area contributed by atoms with Gasteiger partial charge in [-0.25, -0.2) is 14.4 Å². The Balaban J connectivity index is 1.33. The molecule has 41 heavy (non-hydrogen) atoms. The number of amides is 2. The second-order valence-corrected chi connectivity index (χ2v) is 9.72. The lowest BCUT2D eigenvalue weighted by atomic mass is 10.0. The predicted molar refractivity (Wildman–Crippen MR) is 145 cm³/mol. The van der Waals surface area contributed by atoms with E-state index in [1.54, 1.807) is 32.0 Å². The van der Waals surface area contributed by atoms with Gasteiger partial charge in [-0.15, -0.1) is 0 Å². The van der Waals surface area contributed by atoms with E-state index in [0.29, 0.717) is 28.2 Å². The van der Waals surface area contributed by atoms with Crippen molar-refractivity contribution in [1.82, 2.24) is 30.3 Å². The molecule has 0 unspecified atom stereocenters. The number of hydrogen-bond acceptors (Lipinski definition) is 10. The molecule has 2 aromatic heterocycles. The number of ether oxygens (including phenoxy) is 1. The number of carbonyl (C=O) groups is 2. The van der Waals surface area contributed by atoms with Gasteiger partial charge in [0, 0.05) is 23.7 Å². The molecule has 12 nitrogen and oxygen atoms in total. The summed E-state index contributed by atoms with van der Waals surface area (Å²) >= 11 is 6.38. The number of aliphatic hydroxyl groups is 1. The zero-order valence-electron chi connectivity index (χ0n) is 22.2. The molecule has 0 radical (unpaired) electrons. The topological polar surface area (TPSA) is 156 Å². The highest BCUT2D eigenvalue weighted by atomic mass is 35.5. The van der Waals surface area contributed by atoms with Crippen LogP contribution >= 0.6 is 11.6 Å². The molecule has 2 aromatic carbocycles. The van der Waals surface area contributed by atoms with Gasteiger partial charge in [0.05, 0.1) is 36.7 Å². The maximum atomic E-state index is 14.0. The van der Waals surface area contributed by atoms with Crippen molar-refractivity contribution < 1.29 is 28.3 Å². The number of aryl methyl sites for hydroxylation is 1. The van der Waals surface area contributed by atoms with Gasteiger partial charge in [0.25, 0.3) is 5.91 Å². The first-order valence-corrected chi connectivity index (χ1v) is 12.8. The minimum Gasteiger partial charge on any atom is -0.497 e. The number of nitrogens with zero attached hydrogens (tertiary/aromatic N) is 5. The minimum atomic E-state index is -0.903. The first-order valence-electron chi connectivity index (χ1n) is 12.5. The molecular formula is C27H25ClFN7O5. The lowest BCUT2D eigenvalue weighted by Crippen LogP contribution is -2.46. The van der Waals surface area contributed by atoms with Gasteiger partial charge >= 0.3 is 6.01 Å². The van der Waals surface area contributed by atoms with E-state index in [2.05, 4.69) is 30.7 Å². The molecule has 4 aromatic rings. The van der Waals surface area contributed by atoms with Gasteiger partial charge in [-0.2, -0.15) is 4.98 Å². The second kappa shape index (κ2) is 11.5. The third kappa shape index (κ3) is 5.81. The number of aromatic nitrogens is 4. The van der Waals surface area contributed by atoms with Crippen LogP contribution in [-0.4, -0.2) is 61.7 Å². The molecule has 1 aliphatic rings. The fraction of sp³-hybridized carbons (Fsp3) is 0.259. The van der Waals surface area contributed by atoms with E-state index in [-0.39, 0.29) is 35.2 Å². The van der Waals surface area contributed by atoms with Gasteiger partial charge in [-0.3, -0.25) is 14.9 Å². The number of aliphatic hydroxyl groups excluding tert-OH is 1. The summed E-state index contributed by atoms with van der Waals surface area (Å²) in [6.45, 7) is 2.97. The highest BCUT2D eigenvalue weighted by Crippen LogP contribution is 2.32. The van der Waals surface area contributed by atoms with Gasteiger partial charge in [-0.1, -0.05) is 28.9 Å². The van der Waals surface area contributed by atoms with Crippen molar-refractivity contribution in [2.24, 2.45) is 0 Å². The molecule has 0 aliphatic carbocycles. The Hall–Kier alpha value is -4.62. The van der Waals surface area contributed by atoms with Crippen LogP contribution in [0.2, 0.25) is 5.02 Å². The average molecular weight is 582 g/mol. The molecule has 2 atom stereocenters. The number of anilines is 2. The summed E-state index contributed by atoms with van der Waals surface area (Å²) in [5.74, 6) is -0.592. The van der Waals surface area contributed by atoms with E-state index < -0.39 is 30.4 Å². The summed E-state index contributed by atoms with van der Waals surface area (Å²) in [5.41, 5.74) is 2.38. The van der Waals surface area contributed by atoms with Gasteiger partial charge in [0.15, 0.2) is 5.82 Å². The van der Waals surface area contributed by atoms with Crippen molar-refractivity contribution >= 4 is 35.4 Å². The van der Waals surface area contributed by atoms with Crippen LogP contribution in [0.3, 0.4) is 0 Å². The van der Waals surface area contributed by atoms with Crippen molar-refractivity contribution in [3.63, 3.8) is 0 Å². The van der Waals surface area contributed by atoms with Gasteiger partial charge < -0.3 is 24.6 Å². The van der Waals surface area contributed by atoms with Crippen LogP contribution in [0.4, 0.5) is 16.4 Å². The summed E-state index contributed by atoms with van der Waals surface area (Å²) in [6.07, 6.45) is 1.41. The zero-order chi connectivity index (χ0) is 29.3. The van der Waals surface area contributed by atoms with Crippen LogP contribution in [0.1, 0.15) is 40.3 Å². The highest BCUT2D eigenvalue weighted by Gasteiger charge is 2.35. The van der Waals surface area contributed by atoms with E-state index in [1.807, 2.05) is 0 Å². The predicted octanol–water partition coefficient (Wildman–Crippen LogP) is 3.57.